The number of hydrogen-bond acceptors (Lipinski definition) is 11. The normalized spacial score (nSPS) is 13.2. The number of H-pyrrole nitrogens is 1. The molecule has 15 heteroatoms. The number of carbonyl (C=O) groups excluding carboxylic acids is 3. The Bertz CT molecular complexity index is 2000. The average Bonchev–Trinajstić information content (AvgIpc) is 3.61. The first-order chi connectivity index (χ1) is 21.7. The van der Waals surface area contributed by atoms with Crippen LogP contribution in [0, 0.1) is 0 Å². The van der Waals surface area contributed by atoms with Crippen molar-refractivity contribution in [2.24, 2.45) is 5.73 Å². The highest BCUT2D eigenvalue weighted by atomic mass is 16.2. The highest BCUT2D eigenvalue weighted by Gasteiger charge is 2.27. The molecule has 0 bridgehead atoms. The molecule has 1 aliphatic rings. The van der Waals surface area contributed by atoms with Crippen molar-refractivity contribution in [2.75, 3.05) is 17.2 Å². The van der Waals surface area contributed by atoms with E-state index in [0.717, 1.165) is 28.6 Å². The predicted molar refractivity (Wildman–Crippen MR) is 161 cm³/mol. The number of hydrogen-bond donors (Lipinski definition) is 5. The smallest absolute Gasteiger partial charge is 0.270 e. The summed E-state index contributed by atoms with van der Waals surface area (Å²) in [5, 5.41) is 13.0. The van der Waals surface area contributed by atoms with Crippen LogP contribution in [-0.4, -0.2) is 49.4 Å². The minimum absolute atomic E-state index is 0.00681. The molecule has 0 radical (unpaired) electrons. The maximum Gasteiger partial charge on any atom is 0.270 e. The van der Waals surface area contributed by atoms with Gasteiger partial charge < -0.3 is 32.0 Å². The van der Waals surface area contributed by atoms with Gasteiger partial charge in [0.15, 0.2) is 5.82 Å². The summed E-state index contributed by atoms with van der Waals surface area (Å²) in [7, 11) is 0. The summed E-state index contributed by atoms with van der Waals surface area (Å²) in [6.07, 6.45) is 3.20. The summed E-state index contributed by atoms with van der Waals surface area (Å²) < 4.78 is 0. The SMILES string of the molecule is NC(=O)[C@H](NC(=O)c1cc(C(=O)NCc2ccc3c(c2)CN(c2c(N)c(=O)c2=O)CC3)ncn1)c1ccc(-c2nnc[nH]2)cc1. The molecule has 0 saturated heterocycles. The Morgan fingerprint density at radius 3 is 2.40 bits per heavy atom. The van der Waals surface area contributed by atoms with Crippen molar-refractivity contribution in [3.8, 4) is 11.4 Å². The van der Waals surface area contributed by atoms with Crippen LogP contribution >= 0.6 is 0 Å². The Hall–Kier alpha value is -6.25. The second-order valence-corrected chi connectivity index (χ2v) is 10.4. The first kappa shape index (κ1) is 28.9. The third kappa shape index (κ3) is 5.73. The summed E-state index contributed by atoms with van der Waals surface area (Å²) in [6, 6.07) is 12.5. The van der Waals surface area contributed by atoms with Crippen molar-refractivity contribution < 1.29 is 14.4 Å². The van der Waals surface area contributed by atoms with E-state index < -0.39 is 34.6 Å². The third-order valence-corrected chi connectivity index (χ3v) is 7.60. The maximum atomic E-state index is 13.0. The van der Waals surface area contributed by atoms with Crippen LogP contribution < -0.4 is 37.9 Å². The number of rotatable bonds is 9. The van der Waals surface area contributed by atoms with E-state index >= 15 is 0 Å². The van der Waals surface area contributed by atoms with Crippen molar-refractivity contribution in [2.45, 2.75) is 25.6 Å². The number of nitrogens with zero attached hydrogens (tertiary/aromatic N) is 5. The van der Waals surface area contributed by atoms with Gasteiger partial charge in [-0.05, 0) is 28.7 Å². The molecule has 3 amide bonds. The van der Waals surface area contributed by atoms with Crippen LogP contribution in [0.5, 0.6) is 0 Å². The second-order valence-electron chi connectivity index (χ2n) is 10.4. The Labute approximate surface area is 254 Å². The number of fused-ring (bicyclic) bond motifs is 1. The van der Waals surface area contributed by atoms with Gasteiger partial charge in [0.1, 0.15) is 41.5 Å². The van der Waals surface area contributed by atoms with Crippen LogP contribution in [0.3, 0.4) is 0 Å². The van der Waals surface area contributed by atoms with Crippen molar-refractivity contribution in [1.82, 2.24) is 35.8 Å². The molecule has 0 saturated carbocycles. The van der Waals surface area contributed by atoms with Gasteiger partial charge in [-0.2, -0.15) is 0 Å². The lowest BCUT2D eigenvalue weighted by molar-refractivity contribution is -0.120. The van der Waals surface area contributed by atoms with Crippen molar-refractivity contribution in [1.29, 1.82) is 0 Å². The van der Waals surface area contributed by atoms with Gasteiger partial charge in [0.2, 0.25) is 5.91 Å². The van der Waals surface area contributed by atoms with E-state index in [0.29, 0.717) is 30.9 Å². The van der Waals surface area contributed by atoms with Crippen LogP contribution in [0.4, 0.5) is 11.4 Å². The molecule has 1 aliphatic heterocycles. The van der Waals surface area contributed by atoms with E-state index in [-0.39, 0.29) is 29.3 Å². The summed E-state index contributed by atoms with van der Waals surface area (Å²) in [6.45, 7) is 1.14. The molecule has 7 N–H and O–H groups in total. The van der Waals surface area contributed by atoms with Crippen molar-refractivity contribution in [3.05, 3.63) is 115 Å². The molecule has 0 spiro atoms. The maximum absolute atomic E-state index is 13.0. The number of anilines is 2. The van der Waals surface area contributed by atoms with Crippen LogP contribution in [-0.2, 0) is 24.3 Å². The van der Waals surface area contributed by atoms with Crippen molar-refractivity contribution in [3.63, 3.8) is 0 Å². The number of aromatic amines is 1. The number of nitrogen functional groups attached to an aromatic ring is 1. The molecule has 2 aromatic heterocycles. The lowest BCUT2D eigenvalue weighted by Gasteiger charge is -2.32. The monoisotopic (exact) mass is 606 g/mol. The molecule has 3 heterocycles. The number of aromatic nitrogens is 5. The molecule has 6 rings (SSSR count). The lowest BCUT2D eigenvalue weighted by atomic mass is 9.96. The van der Waals surface area contributed by atoms with E-state index in [4.69, 9.17) is 11.5 Å². The largest absolute Gasteiger partial charge is 0.394 e. The van der Waals surface area contributed by atoms with Gasteiger partial charge in [-0.15, -0.1) is 10.2 Å². The van der Waals surface area contributed by atoms with E-state index in [1.165, 1.54) is 12.4 Å². The van der Waals surface area contributed by atoms with Gasteiger partial charge in [0, 0.05) is 31.3 Å². The number of carbonyl (C=O) groups is 3. The minimum atomic E-state index is -1.16. The number of nitrogens with two attached hydrogens (primary N) is 2. The van der Waals surface area contributed by atoms with Crippen LogP contribution in [0.15, 0.2) is 70.8 Å². The first-order valence-electron chi connectivity index (χ1n) is 13.8. The lowest BCUT2D eigenvalue weighted by Crippen LogP contribution is -2.44. The van der Waals surface area contributed by atoms with Crippen LogP contribution in [0.1, 0.15) is 49.3 Å². The zero-order valence-electron chi connectivity index (χ0n) is 23.6. The van der Waals surface area contributed by atoms with E-state index in [1.54, 1.807) is 29.2 Å². The molecule has 1 atom stereocenters. The molecule has 15 nitrogen and oxygen atoms in total. The summed E-state index contributed by atoms with van der Waals surface area (Å²) in [4.78, 5) is 74.3. The molecule has 5 aromatic rings. The fourth-order valence-electron chi connectivity index (χ4n) is 5.20. The number of nitrogens with one attached hydrogen (secondary N) is 3. The summed E-state index contributed by atoms with van der Waals surface area (Å²) >= 11 is 0. The predicted octanol–water partition coefficient (Wildman–Crippen LogP) is -0.111. The second kappa shape index (κ2) is 11.8. The Morgan fingerprint density at radius 2 is 1.71 bits per heavy atom. The highest BCUT2D eigenvalue weighted by molar-refractivity contribution is 5.99. The first-order valence-corrected chi connectivity index (χ1v) is 13.8. The number of amides is 3. The quantitative estimate of drug-likeness (QED) is 0.139. The van der Waals surface area contributed by atoms with E-state index in [1.807, 2.05) is 18.2 Å². The van der Waals surface area contributed by atoms with Gasteiger partial charge >= 0.3 is 0 Å². The molecule has 3 aromatic carbocycles. The molecule has 0 unspecified atom stereocenters. The van der Waals surface area contributed by atoms with E-state index in [2.05, 4.69) is 35.8 Å². The third-order valence-electron chi connectivity index (χ3n) is 7.60. The summed E-state index contributed by atoms with van der Waals surface area (Å²) in [5.41, 5.74) is 14.2. The fraction of sp³-hybridized carbons (Fsp3) is 0.167. The highest BCUT2D eigenvalue weighted by Crippen LogP contribution is 2.26. The van der Waals surface area contributed by atoms with Gasteiger partial charge in [0.05, 0.1) is 0 Å². The Balaban J connectivity index is 1.10. The fourth-order valence-corrected chi connectivity index (χ4v) is 5.20. The Kier molecular flexibility index (Phi) is 7.56. The van der Waals surface area contributed by atoms with Gasteiger partial charge in [-0.25, -0.2) is 9.97 Å². The van der Waals surface area contributed by atoms with Gasteiger partial charge in [0.25, 0.3) is 22.7 Å². The number of primary amides is 1. The molecule has 226 valence electrons. The van der Waals surface area contributed by atoms with E-state index in [9.17, 15) is 24.0 Å². The standard InChI is InChI=1S/C30H26N10O5/c31-22-24(26(42)25(22)41)40-8-7-16-2-1-15(9-19(16)12-40)11-33-29(44)20-10-21(35-13-34-20)30(45)38-23(27(32)43)17-3-5-18(6-4-17)28-36-14-37-39-28/h1-6,9-10,13-14,23H,7-8,11-12,31H2,(H2,32,43)(H,33,44)(H,38,45)(H,36,37,39)/t23-/m1/s1. The van der Waals surface area contributed by atoms with Gasteiger partial charge in [-0.3, -0.25) is 24.0 Å². The Morgan fingerprint density at radius 1 is 0.956 bits per heavy atom. The van der Waals surface area contributed by atoms with Crippen molar-refractivity contribution >= 4 is 29.1 Å². The molecular weight excluding hydrogens is 580 g/mol. The molecule has 45 heavy (non-hydrogen) atoms. The van der Waals surface area contributed by atoms with Crippen LogP contribution in [0.2, 0.25) is 0 Å². The minimum Gasteiger partial charge on any atom is -0.394 e. The van der Waals surface area contributed by atoms with Crippen LogP contribution in [0.25, 0.3) is 11.4 Å². The molecular formula is C30H26N10O5. The molecule has 0 fully saturated rings. The van der Waals surface area contributed by atoms with Gasteiger partial charge in [-0.1, -0.05) is 42.5 Å². The summed E-state index contributed by atoms with van der Waals surface area (Å²) in [5.74, 6) is -1.52. The molecule has 0 aliphatic carbocycles. The average molecular weight is 607 g/mol. The topological polar surface area (TPSA) is 232 Å². The zero-order valence-corrected chi connectivity index (χ0v) is 23.6. The zero-order chi connectivity index (χ0) is 31.7. The number of benzene rings is 2.